The van der Waals surface area contributed by atoms with Crippen molar-refractivity contribution in [3.8, 4) is 17.6 Å². The smallest absolute Gasteiger partial charge is 0.253 e. The highest BCUT2D eigenvalue weighted by molar-refractivity contribution is 7.89. The molecule has 1 fully saturated rings. The number of carbonyl (C=O) groups is 1. The van der Waals surface area contributed by atoms with Crippen molar-refractivity contribution in [1.82, 2.24) is 14.2 Å². The van der Waals surface area contributed by atoms with Crippen molar-refractivity contribution in [2.24, 2.45) is 0 Å². The predicted molar refractivity (Wildman–Crippen MR) is 110 cm³/mol. The first-order valence-corrected chi connectivity index (χ1v) is 10.9. The fourth-order valence-electron chi connectivity index (χ4n) is 3.04. The first-order chi connectivity index (χ1) is 13.9. The molecule has 1 aliphatic rings. The van der Waals surface area contributed by atoms with Crippen LogP contribution in [0, 0.1) is 11.8 Å². The summed E-state index contributed by atoms with van der Waals surface area (Å²) in [5.41, 5.74) is 1.71. The maximum Gasteiger partial charge on any atom is 0.253 e. The lowest BCUT2D eigenvalue weighted by atomic mass is 10.1. The van der Waals surface area contributed by atoms with Crippen LogP contribution in [0.1, 0.15) is 28.5 Å². The Kier molecular flexibility index (Phi) is 6.52. The molecule has 3 rings (SSSR count). The van der Waals surface area contributed by atoms with Gasteiger partial charge in [0.05, 0.1) is 18.4 Å². The number of amides is 1. The number of hydrogen-bond acceptors (Lipinski definition) is 5. The molecule has 1 aromatic heterocycles. The van der Waals surface area contributed by atoms with E-state index < -0.39 is 10.0 Å². The summed E-state index contributed by atoms with van der Waals surface area (Å²) in [4.78, 5) is 18.7. The first kappa shape index (κ1) is 20.8. The Bertz CT molecular complexity index is 1030. The molecule has 1 aliphatic heterocycles. The Labute approximate surface area is 171 Å². The normalized spacial score (nSPS) is 14.8. The topological polar surface area (TPSA) is 79.8 Å². The molecular formula is C21H23N3O4S. The number of sulfonamides is 1. The summed E-state index contributed by atoms with van der Waals surface area (Å²) in [6.45, 7) is 2.96. The Hall–Kier alpha value is -2.89. The number of nitrogens with zero attached hydrogens (tertiary/aromatic N) is 3. The number of rotatable bonds is 4. The Morgan fingerprint density at radius 1 is 1.14 bits per heavy atom. The van der Waals surface area contributed by atoms with Gasteiger partial charge in [0.25, 0.3) is 5.91 Å². The zero-order valence-corrected chi connectivity index (χ0v) is 17.3. The molecule has 1 aromatic carbocycles. The van der Waals surface area contributed by atoms with Gasteiger partial charge in [0.2, 0.25) is 10.0 Å². The molecule has 2 aromatic rings. The van der Waals surface area contributed by atoms with Crippen LogP contribution in [0.15, 0.2) is 42.6 Å². The average molecular weight is 413 g/mol. The van der Waals surface area contributed by atoms with Crippen LogP contribution in [-0.4, -0.2) is 67.6 Å². The Morgan fingerprint density at radius 3 is 2.52 bits per heavy atom. The molecule has 2 heterocycles. The SMILES string of the molecule is CCS(=O)(=O)N1CCN(C(=O)c2ccc(OC)c(C#Cc3ccccn3)c2)CC1. The van der Waals surface area contributed by atoms with Crippen LogP contribution in [0.4, 0.5) is 0 Å². The lowest BCUT2D eigenvalue weighted by molar-refractivity contribution is 0.0698. The highest BCUT2D eigenvalue weighted by atomic mass is 32.2. The van der Waals surface area contributed by atoms with Gasteiger partial charge in [0.1, 0.15) is 11.4 Å². The van der Waals surface area contributed by atoms with E-state index in [0.29, 0.717) is 48.7 Å². The van der Waals surface area contributed by atoms with Gasteiger partial charge in [0, 0.05) is 37.9 Å². The minimum Gasteiger partial charge on any atom is -0.495 e. The highest BCUT2D eigenvalue weighted by Crippen LogP contribution is 2.21. The van der Waals surface area contributed by atoms with Crippen molar-refractivity contribution in [2.75, 3.05) is 39.0 Å². The van der Waals surface area contributed by atoms with E-state index >= 15 is 0 Å². The van der Waals surface area contributed by atoms with Crippen LogP contribution in [0.5, 0.6) is 5.75 Å². The van der Waals surface area contributed by atoms with Crippen molar-refractivity contribution in [3.05, 3.63) is 59.4 Å². The van der Waals surface area contributed by atoms with Crippen LogP contribution in [-0.2, 0) is 10.0 Å². The van der Waals surface area contributed by atoms with E-state index in [9.17, 15) is 13.2 Å². The fraction of sp³-hybridized carbons (Fsp3) is 0.333. The number of carbonyl (C=O) groups excluding carboxylic acids is 1. The molecular weight excluding hydrogens is 390 g/mol. The van der Waals surface area contributed by atoms with E-state index in [-0.39, 0.29) is 11.7 Å². The fourth-order valence-corrected chi connectivity index (χ4v) is 4.13. The van der Waals surface area contributed by atoms with E-state index in [1.165, 1.54) is 4.31 Å². The number of ether oxygens (including phenoxy) is 1. The van der Waals surface area contributed by atoms with Gasteiger partial charge < -0.3 is 9.64 Å². The molecule has 1 amide bonds. The number of pyridine rings is 1. The summed E-state index contributed by atoms with van der Waals surface area (Å²) in [6.07, 6.45) is 1.67. The number of benzene rings is 1. The van der Waals surface area contributed by atoms with Crippen LogP contribution in [0.25, 0.3) is 0 Å². The van der Waals surface area contributed by atoms with Crippen molar-refractivity contribution < 1.29 is 17.9 Å². The lowest BCUT2D eigenvalue weighted by Gasteiger charge is -2.33. The highest BCUT2D eigenvalue weighted by Gasteiger charge is 2.28. The van der Waals surface area contributed by atoms with Crippen molar-refractivity contribution >= 4 is 15.9 Å². The van der Waals surface area contributed by atoms with Gasteiger partial charge in [-0.2, -0.15) is 4.31 Å². The summed E-state index contributed by atoms with van der Waals surface area (Å²) in [5, 5.41) is 0. The molecule has 0 spiro atoms. The summed E-state index contributed by atoms with van der Waals surface area (Å²) >= 11 is 0. The molecule has 0 unspecified atom stereocenters. The molecule has 7 nitrogen and oxygen atoms in total. The second-order valence-corrected chi connectivity index (χ2v) is 8.73. The van der Waals surface area contributed by atoms with Gasteiger partial charge >= 0.3 is 0 Å². The standard InChI is InChI=1S/C21H23N3O4S/c1-3-29(26,27)24-14-12-23(13-15-24)21(25)18-8-10-20(28-2)17(16-18)7-9-19-6-4-5-11-22-19/h4-6,8,10-11,16H,3,12-15H2,1-2H3. The van der Waals surface area contributed by atoms with E-state index in [0.717, 1.165) is 0 Å². The molecule has 8 heteroatoms. The number of aromatic nitrogens is 1. The van der Waals surface area contributed by atoms with Crippen LogP contribution in [0.2, 0.25) is 0 Å². The van der Waals surface area contributed by atoms with E-state index in [4.69, 9.17) is 4.74 Å². The monoisotopic (exact) mass is 413 g/mol. The molecule has 152 valence electrons. The first-order valence-electron chi connectivity index (χ1n) is 9.33. The van der Waals surface area contributed by atoms with Crippen molar-refractivity contribution in [1.29, 1.82) is 0 Å². The third-order valence-electron chi connectivity index (χ3n) is 4.72. The molecule has 0 N–H and O–H groups in total. The third-order valence-corrected chi connectivity index (χ3v) is 6.60. The number of hydrogen-bond donors (Lipinski definition) is 0. The summed E-state index contributed by atoms with van der Waals surface area (Å²) in [5.74, 6) is 6.48. The van der Waals surface area contributed by atoms with Crippen molar-refractivity contribution in [3.63, 3.8) is 0 Å². The molecule has 0 aliphatic carbocycles. The second kappa shape index (κ2) is 9.07. The van der Waals surface area contributed by atoms with Crippen LogP contribution >= 0.6 is 0 Å². The predicted octanol–water partition coefficient (Wildman–Crippen LogP) is 1.60. The lowest BCUT2D eigenvalue weighted by Crippen LogP contribution is -2.50. The van der Waals surface area contributed by atoms with Gasteiger partial charge in [-0.25, -0.2) is 13.4 Å². The maximum atomic E-state index is 12.9. The third kappa shape index (κ3) is 4.94. The number of methoxy groups -OCH3 is 1. The largest absolute Gasteiger partial charge is 0.495 e. The van der Waals surface area contributed by atoms with Crippen molar-refractivity contribution in [2.45, 2.75) is 6.92 Å². The number of piperazine rings is 1. The molecule has 1 saturated heterocycles. The second-order valence-electron chi connectivity index (χ2n) is 6.47. The minimum atomic E-state index is -3.23. The van der Waals surface area contributed by atoms with Crippen LogP contribution in [0.3, 0.4) is 0 Å². The molecule has 0 saturated carbocycles. The average Bonchev–Trinajstić information content (AvgIpc) is 2.77. The summed E-state index contributed by atoms with van der Waals surface area (Å²) < 4.78 is 30.8. The maximum absolute atomic E-state index is 12.9. The van der Waals surface area contributed by atoms with E-state index in [2.05, 4.69) is 16.8 Å². The van der Waals surface area contributed by atoms with Gasteiger partial charge in [0.15, 0.2) is 0 Å². The summed E-state index contributed by atoms with van der Waals surface area (Å²) in [6, 6.07) is 10.6. The Morgan fingerprint density at radius 2 is 1.90 bits per heavy atom. The molecule has 29 heavy (non-hydrogen) atoms. The molecule has 0 radical (unpaired) electrons. The zero-order valence-electron chi connectivity index (χ0n) is 16.5. The van der Waals surface area contributed by atoms with Crippen LogP contribution < -0.4 is 4.74 Å². The van der Waals surface area contributed by atoms with E-state index in [1.54, 1.807) is 49.4 Å². The molecule has 0 bridgehead atoms. The van der Waals surface area contributed by atoms with Gasteiger partial charge in [-0.1, -0.05) is 12.0 Å². The Balaban J connectivity index is 1.78. The molecule has 0 atom stereocenters. The zero-order chi connectivity index (χ0) is 20.9. The summed E-state index contributed by atoms with van der Waals surface area (Å²) in [7, 11) is -1.68. The quantitative estimate of drug-likeness (QED) is 0.712. The minimum absolute atomic E-state index is 0.0672. The van der Waals surface area contributed by atoms with Gasteiger partial charge in [-0.15, -0.1) is 0 Å². The van der Waals surface area contributed by atoms with Gasteiger partial charge in [-0.05, 0) is 43.2 Å². The van der Waals surface area contributed by atoms with E-state index in [1.807, 2.05) is 12.1 Å². The van der Waals surface area contributed by atoms with Gasteiger partial charge in [-0.3, -0.25) is 4.79 Å².